The van der Waals surface area contributed by atoms with Gasteiger partial charge in [0.15, 0.2) is 0 Å². The molecule has 1 nitrogen and oxygen atoms in total. The molecule has 0 aliphatic heterocycles. The Bertz CT molecular complexity index is 190. The zero-order chi connectivity index (χ0) is 8.28. The molecule has 2 unspecified atom stereocenters. The first-order chi connectivity index (χ1) is 4.98. The molecule has 0 aromatic rings. The van der Waals surface area contributed by atoms with Crippen molar-refractivity contribution in [1.29, 1.82) is 0 Å². The van der Waals surface area contributed by atoms with Crippen molar-refractivity contribution >= 4 is 12.4 Å². The van der Waals surface area contributed by atoms with Crippen molar-refractivity contribution in [2.45, 2.75) is 46.1 Å². The van der Waals surface area contributed by atoms with Gasteiger partial charge >= 0.3 is 0 Å². The highest BCUT2D eigenvalue weighted by molar-refractivity contribution is 5.85. The molecule has 0 amide bonds. The lowest BCUT2D eigenvalue weighted by molar-refractivity contribution is 0.136. The van der Waals surface area contributed by atoms with Gasteiger partial charge in [-0.05, 0) is 36.0 Å². The molecule has 0 heterocycles. The van der Waals surface area contributed by atoms with E-state index in [1.54, 1.807) is 0 Å². The van der Waals surface area contributed by atoms with Crippen LogP contribution in [0.5, 0.6) is 0 Å². The molecule has 2 heteroatoms. The molecule has 72 valence electrons. The zero-order valence-corrected chi connectivity index (χ0v) is 9.08. The number of nitrogens with two attached hydrogens (primary N) is 1. The van der Waals surface area contributed by atoms with E-state index in [1.807, 2.05) is 0 Å². The molecule has 2 N–H and O–H groups in total. The van der Waals surface area contributed by atoms with Gasteiger partial charge in [-0.15, -0.1) is 12.4 Å². The van der Waals surface area contributed by atoms with Crippen LogP contribution in [0.3, 0.4) is 0 Å². The van der Waals surface area contributed by atoms with Crippen LogP contribution in [0.2, 0.25) is 0 Å². The van der Waals surface area contributed by atoms with E-state index >= 15 is 0 Å². The average Bonchev–Trinajstić information content (AvgIpc) is 2.20. The van der Waals surface area contributed by atoms with Crippen LogP contribution >= 0.6 is 12.4 Å². The second kappa shape index (κ2) is 2.62. The molecule has 0 radical (unpaired) electrons. The zero-order valence-electron chi connectivity index (χ0n) is 8.26. The van der Waals surface area contributed by atoms with Crippen molar-refractivity contribution in [2.24, 2.45) is 22.5 Å². The molecule has 0 spiro atoms. The first-order valence-electron chi connectivity index (χ1n) is 4.74. The fraction of sp³-hybridized carbons (Fsp3) is 1.00. The van der Waals surface area contributed by atoms with E-state index in [-0.39, 0.29) is 12.4 Å². The van der Waals surface area contributed by atoms with Crippen molar-refractivity contribution in [3.63, 3.8) is 0 Å². The van der Waals surface area contributed by atoms with Crippen LogP contribution in [-0.2, 0) is 0 Å². The Balaban J connectivity index is 0.000000720. The fourth-order valence-corrected chi connectivity index (χ4v) is 3.27. The van der Waals surface area contributed by atoms with Gasteiger partial charge < -0.3 is 5.73 Å². The van der Waals surface area contributed by atoms with E-state index < -0.39 is 0 Å². The van der Waals surface area contributed by atoms with Crippen molar-refractivity contribution in [2.75, 3.05) is 0 Å². The van der Waals surface area contributed by atoms with Crippen LogP contribution in [0.25, 0.3) is 0 Å². The highest BCUT2D eigenvalue weighted by Gasteiger charge is 2.59. The lowest BCUT2D eigenvalue weighted by Gasteiger charge is -2.37. The molecule has 2 aliphatic carbocycles. The quantitative estimate of drug-likeness (QED) is 0.623. The molecule has 2 aliphatic rings. The summed E-state index contributed by atoms with van der Waals surface area (Å²) in [5.41, 5.74) is 7.08. The van der Waals surface area contributed by atoms with Crippen LogP contribution < -0.4 is 5.73 Å². The van der Waals surface area contributed by atoms with E-state index in [2.05, 4.69) is 20.8 Å². The summed E-state index contributed by atoms with van der Waals surface area (Å²) in [4.78, 5) is 0. The van der Waals surface area contributed by atoms with Gasteiger partial charge in [0.05, 0.1) is 0 Å². The largest absolute Gasteiger partial charge is 0.327 e. The normalized spacial score (nSPS) is 49.0. The minimum atomic E-state index is 0. The predicted molar refractivity (Wildman–Crippen MR) is 54.5 cm³/mol. The number of halogens is 1. The fourth-order valence-electron chi connectivity index (χ4n) is 3.27. The summed E-state index contributed by atoms with van der Waals surface area (Å²) < 4.78 is 0. The van der Waals surface area contributed by atoms with Crippen molar-refractivity contribution in [3.05, 3.63) is 0 Å². The van der Waals surface area contributed by atoms with Gasteiger partial charge in [0.2, 0.25) is 0 Å². The lowest BCUT2D eigenvalue weighted by atomic mass is 9.69. The van der Waals surface area contributed by atoms with Crippen molar-refractivity contribution in [1.82, 2.24) is 0 Å². The maximum atomic E-state index is 6.13. The number of hydrogen-bond donors (Lipinski definition) is 1. The van der Waals surface area contributed by atoms with Gasteiger partial charge in [-0.3, -0.25) is 0 Å². The molecule has 2 rings (SSSR count). The van der Waals surface area contributed by atoms with Crippen LogP contribution in [0.15, 0.2) is 0 Å². The molecule has 12 heavy (non-hydrogen) atoms. The van der Waals surface area contributed by atoms with Gasteiger partial charge in [-0.25, -0.2) is 0 Å². The Hall–Kier alpha value is 0.250. The van der Waals surface area contributed by atoms with Gasteiger partial charge in [-0.1, -0.05) is 20.8 Å². The number of hydrogen-bond acceptors (Lipinski definition) is 1. The summed E-state index contributed by atoms with van der Waals surface area (Å²) in [6.45, 7) is 7.18. The summed E-state index contributed by atoms with van der Waals surface area (Å²) >= 11 is 0. The highest BCUT2D eigenvalue weighted by atomic mass is 35.5. The van der Waals surface area contributed by atoms with Crippen LogP contribution in [0.4, 0.5) is 0 Å². The molecular weight excluding hydrogens is 170 g/mol. The first-order valence-corrected chi connectivity index (χ1v) is 4.74. The Kier molecular flexibility index (Phi) is 2.25. The smallest absolute Gasteiger partial charge is 0.0101 e. The molecule has 2 saturated carbocycles. The van der Waals surface area contributed by atoms with Crippen molar-refractivity contribution in [3.8, 4) is 0 Å². The second-order valence-corrected chi connectivity index (χ2v) is 5.22. The molecule has 0 aromatic carbocycles. The average molecular weight is 190 g/mol. The Morgan fingerprint density at radius 1 is 1.25 bits per heavy atom. The van der Waals surface area contributed by atoms with Gasteiger partial charge in [0.25, 0.3) is 0 Å². The number of rotatable bonds is 0. The van der Waals surface area contributed by atoms with E-state index in [1.165, 1.54) is 19.3 Å². The maximum Gasteiger partial charge on any atom is 0.0101 e. The van der Waals surface area contributed by atoms with Gasteiger partial charge in [0, 0.05) is 6.04 Å². The maximum absolute atomic E-state index is 6.13. The van der Waals surface area contributed by atoms with Gasteiger partial charge in [-0.2, -0.15) is 0 Å². The SMILES string of the molecule is CC1(C)C2CCC1(C)[C@H](N)C2.Cl. The predicted octanol–water partition coefficient (Wildman–Crippen LogP) is 2.58. The second-order valence-electron chi connectivity index (χ2n) is 5.22. The van der Waals surface area contributed by atoms with Crippen LogP contribution in [-0.4, -0.2) is 6.04 Å². The summed E-state index contributed by atoms with van der Waals surface area (Å²) in [7, 11) is 0. The molecule has 0 saturated heterocycles. The molecule has 2 fully saturated rings. The molecule has 0 aromatic heterocycles. The van der Waals surface area contributed by atoms with Gasteiger partial charge in [0.1, 0.15) is 0 Å². The van der Waals surface area contributed by atoms with E-state index in [0.29, 0.717) is 16.9 Å². The van der Waals surface area contributed by atoms with E-state index in [4.69, 9.17) is 5.73 Å². The Morgan fingerprint density at radius 3 is 2.00 bits per heavy atom. The lowest BCUT2D eigenvalue weighted by Crippen LogP contribution is -2.40. The Labute approximate surface area is 81.5 Å². The van der Waals surface area contributed by atoms with Crippen LogP contribution in [0.1, 0.15) is 40.0 Å². The van der Waals surface area contributed by atoms with E-state index in [0.717, 1.165) is 5.92 Å². The third-order valence-electron chi connectivity index (χ3n) is 4.86. The topological polar surface area (TPSA) is 26.0 Å². The third-order valence-corrected chi connectivity index (χ3v) is 4.86. The summed E-state index contributed by atoms with van der Waals surface area (Å²) in [6.07, 6.45) is 4.03. The Morgan fingerprint density at radius 2 is 1.83 bits per heavy atom. The molecule has 3 atom stereocenters. The van der Waals surface area contributed by atoms with E-state index in [9.17, 15) is 0 Å². The third kappa shape index (κ3) is 0.898. The summed E-state index contributed by atoms with van der Waals surface area (Å²) in [6, 6.07) is 0.469. The standard InChI is InChI=1S/C10H19N.ClH/c1-9(2)7-4-5-10(9,3)8(11)6-7;/h7-8H,4-6,11H2,1-3H3;1H/t7?,8-,10?;/m1./s1. The minimum absolute atomic E-state index is 0. The molecule has 2 bridgehead atoms. The molecular formula is C10H20ClN. The summed E-state index contributed by atoms with van der Waals surface area (Å²) in [5.74, 6) is 0.905. The number of fused-ring (bicyclic) bond motifs is 2. The van der Waals surface area contributed by atoms with Crippen molar-refractivity contribution < 1.29 is 0 Å². The minimum Gasteiger partial charge on any atom is -0.327 e. The monoisotopic (exact) mass is 189 g/mol. The first kappa shape index (κ1) is 10.3. The van der Waals surface area contributed by atoms with Crippen LogP contribution in [0, 0.1) is 16.7 Å². The summed E-state index contributed by atoms with van der Waals surface area (Å²) in [5, 5.41) is 0. The highest BCUT2D eigenvalue weighted by Crippen LogP contribution is 2.64.